The van der Waals surface area contributed by atoms with Crippen LogP contribution in [0.25, 0.3) is 0 Å². The number of benzene rings is 1. The van der Waals surface area contributed by atoms with E-state index >= 15 is 0 Å². The first kappa shape index (κ1) is 23.5. The zero-order valence-corrected chi connectivity index (χ0v) is 18.9. The first-order valence-corrected chi connectivity index (χ1v) is 8.92. The summed E-state index contributed by atoms with van der Waals surface area (Å²) in [5, 5.41) is 6.44. The molecule has 1 aromatic rings. The molecule has 0 saturated carbocycles. The third-order valence-electron chi connectivity index (χ3n) is 4.25. The zero-order valence-electron chi connectivity index (χ0n) is 16.6. The fraction of sp³-hybridized carbons (Fsp3) is 0.579. The second kappa shape index (κ2) is 12.0. The van der Waals surface area contributed by atoms with E-state index in [2.05, 4.69) is 21.7 Å². The molecule has 1 heterocycles. The van der Waals surface area contributed by atoms with Crippen molar-refractivity contribution in [2.45, 2.75) is 19.9 Å². The van der Waals surface area contributed by atoms with Gasteiger partial charge in [-0.25, -0.2) is 4.99 Å². The number of rotatable bonds is 7. The number of nitrogens with one attached hydrogen (secondary N) is 2. The number of aryl methyl sites for hydroxylation is 1. The van der Waals surface area contributed by atoms with E-state index in [4.69, 9.17) is 9.47 Å². The fourth-order valence-corrected chi connectivity index (χ4v) is 2.68. The molecule has 0 spiro atoms. The van der Waals surface area contributed by atoms with Crippen LogP contribution in [0.1, 0.15) is 17.5 Å². The minimum atomic E-state index is 0. The molecule has 1 fully saturated rings. The Balaban J connectivity index is 0.00000364. The zero-order chi connectivity index (χ0) is 18.9. The van der Waals surface area contributed by atoms with Crippen LogP contribution in [0.5, 0.6) is 5.75 Å². The molecule has 152 valence electrons. The lowest BCUT2D eigenvalue weighted by Gasteiger charge is -2.16. The summed E-state index contributed by atoms with van der Waals surface area (Å²) in [5.74, 6) is 1.93. The number of carbonyl (C=O) groups is 1. The molecule has 0 aliphatic carbocycles. The van der Waals surface area contributed by atoms with Gasteiger partial charge in [0.05, 0.1) is 26.8 Å². The topological polar surface area (TPSA) is 75.2 Å². The van der Waals surface area contributed by atoms with Crippen molar-refractivity contribution >= 4 is 35.8 Å². The molecule has 1 aliphatic heterocycles. The Morgan fingerprint density at radius 1 is 1.33 bits per heavy atom. The second-order valence-electron chi connectivity index (χ2n) is 6.78. The molecule has 27 heavy (non-hydrogen) atoms. The fourth-order valence-electron chi connectivity index (χ4n) is 2.68. The normalized spacial score (nSPS) is 16.4. The lowest BCUT2D eigenvalue weighted by Crippen LogP contribution is -2.44. The largest absolute Gasteiger partial charge is 0.497 e. The number of ether oxygens (including phenoxy) is 2. The lowest BCUT2D eigenvalue weighted by atomic mass is 10.1. The predicted octanol–water partition coefficient (Wildman–Crippen LogP) is 1.78. The smallest absolute Gasteiger partial charge is 0.241 e. The van der Waals surface area contributed by atoms with Crippen molar-refractivity contribution in [3.8, 4) is 5.75 Å². The Labute approximate surface area is 178 Å². The van der Waals surface area contributed by atoms with Crippen LogP contribution in [0.15, 0.2) is 23.2 Å². The molecule has 0 bridgehead atoms. The molecule has 7 nitrogen and oxygen atoms in total. The second-order valence-corrected chi connectivity index (χ2v) is 6.78. The Hall–Kier alpha value is -1.55. The van der Waals surface area contributed by atoms with E-state index in [1.165, 1.54) is 0 Å². The van der Waals surface area contributed by atoms with Gasteiger partial charge >= 0.3 is 0 Å². The third-order valence-corrected chi connectivity index (χ3v) is 4.25. The lowest BCUT2D eigenvalue weighted by molar-refractivity contribution is -0.127. The Morgan fingerprint density at radius 2 is 2.11 bits per heavy atom. The number of aliphatic imine (C=N–C) groups is 1. The number of amides is 1. The number of methoxy groups -OCH3 is 1. The number of halogens is 1. The Kier molecular flexibility index (Phi) is 10.5. The number of carbonyl (C=O) groups excluding carboxylic acids is 1. The van der Waals surface area contributed by atoms with Crippen molar-refractivity contribution in [2.24, 2.45) is 10.9 Å². The Bertz CT molecular complexity index is 631. The average Bonchev–Trinajstić information content (AvgIpc) is 3.13. The quantitative estimate of drug-likeness (QED) is 0.347. The van der Waals surface area contributed by atoms with Gasteiger partial charge in [-0.2, -0.15) is 0 Å². The number of hydrogen-bond acceptors (Lipinski definition) is 4. The van der Waals surface area contributed by atoms with E-state index in [0.29, 0.717) is 18.4 Å². The summed E-state index contributed by atoms with van der Waals surface area (Å²) < 4.78 is 10.7. The standard InChI is InChI=1S/C19H30N4O3.HI/c1-14-7-16(9-17(8-14)25-4)11-21-19(22-12-18(24)23(2)3)20-10-15-5-6-26-13-15;/h7-9,15H,5-6,10-13H2,1-4H3,(H2,20,21,22);1H. The summed E-state index contributed by atoms with van der Waals surface area (Å²) in [6.07, 6.45) is 1.05. The van der Waals surface area contributed by atoms with Gasteiger partial charge in [-0.15, -0.1) is 24.0 Å². The highest BCUT2D eigenvalue weighted by Crippen LogP contribution is 2.17. The maximum atomic E-state index is 11.9. The maximum absolute atomic E-state index is 11.9. The van der Waals surface area contributed by atoms with Gasteiger partial charge in [-0.3, -0.25) is 4.79 Å². The van der Waals surface area contributed by atoms with E-state index < -0.39 is 0 Å². The molecule has 8 heteroatoms. The van der Waals surface area contributed by atoms with Gasteiger partial charge in [0.2, 0.25) is 5.91 Å². The van der Waals surface area contributed by atoms with Gasteiger partial charge in [0.15, 0.2) is 5.96 Å². The summed E-state index contributed by atoms with van der Waals surface area (Å²) in [6.45, 7) is 5.10. The first-order valence-electron chi connectivity index (χ1n) is 8.92. The first-order chi connectivity index (χ1) is 12.5. The number of nitrogens with zero attached hydrogens (tertiary/aromatic N) is 2. The molecular weight excluding hydrogens is 459 g/mol. The van der Waals surface area contributed by atoms with E-state index in [-0.39, 0.29) is 36.4 Å². The molecule has 1 unspecified atom stereocenters. The summed E-state index contributed by atoms with van der Waals surface area (Å²) in [6, 6.07) is 6.05. The van der Waals surface area contributed by atoms with Gasteiger partial charge < -0.3 is 25.0 Å². The maximum Gasteiger partial charge on any atom is 0.241 e. The highest BCUT2D eigenvalue weighted by atomic mass is 127. The van der Waals surface area contributed by atoms with Gasteiger partial charge in [0.25, 0.3) is 0 Å². The average molecular weight is 490 g/mol. The molecule has 1 atom stereocenters. The van der Waals surface area contributed by atoms with Crippen molar-refractivity contribution in [2.75, 3.05) is 47.5 Å². The van der Waals surface area contributed by atoms with Crippen molar-refractivity contribution < 1.29 is 14.3 Å². The van der Waals surface area contributed by atoms with Crippen LogP contribution in [-0.4, -0.2) is 64.3 Å². The summed E-state index contributed by atoms with van der Waals surface area (Å²) in [4.78, 5) is 18.0. The minimum absolute atomic E-state index is 0. The molecule has 0 aromatic heterocycles. The molecule has 1 aromatic carbocycles. The van der Waals surface area contributed by atoms with Crippen LogP contribution in [0.2, 0.25) is 0 Å². The third kappa shape index (κ3) is 8.34. The van der Waals surface area contributed by atoms with Crippen LogP contribution in [0.4, 0.5) is 0 Å². The van der Waals surface area contributed by atoms with Crippen LogP contribution in [-0.2, 0) is 16.1 Å². The number of guanidine groups is 1. The summed E-state index contributed by atoms with van der Waals surface area (Å²) in [7, 11) is 5.14. The van der Waals surface area contributed by atoms with Crippen LogP contribution >= 0.6 is 24.0 Å². The van der Waals surface area contributed by atoms with Gasteiger partial charge in [-0.05, 0) is 36.6 Å². The van der Waals surface area contributed by atoms with E-state index in [1.54, 1.807) is 26.1 Å². The van der Waals surface area contributed by atoms with Gasteiger partial charge in [0.1, 0.15) is 5.75 Å². The van der Waals surface area contributed by atoms with E-state index in [0.717, 1.165) is 43.1 Å². The van der Waals surface area contributed by atoms with Crippen LogP contribution < -0.4 is 15.4 Å². The van der Waals surface area contributed by atoms with Crippen molar-refractivity contribution in [3.05, 3.63) is 29.3 Å². The number of likely N-dealkylation sites (N-methyl/N-ethyl adjacent to an activating group) is 1. The molecule has 2 rings (SSSR count). The highest BCUT2D eigenvalue weighted by molar-refractivity contribution is 14.0. The van der Waals surface area contributed by atoms with Crippen LogP contribution in [0.3, 0.4) is 0 Å². The SMILES string of the molecule is COc1cc(C)cc(CN=C(NCC(=O)N(C)C)NCC2CCOC2)c1.I. The number of hydrogen-bond donors (Lipinski definition) is 2. The minimum Gasteiger partial charge on any atom is -0.497 e. The molecule has 0 radical (unpaired) electrons. The van der Waals surface area contributed by atoms with E-state index in [1.807, 2.05) is 19.1 Å². The summed E-state index contributed by atoms with van der Waals surface area (Å²) >= 11 is 0. The van der Waals surface area contributed by atoms with E-state index in [9.17, 15) is 4.79 Å². The van der Waals surface area contributed by atoms with Crippen molar-refractivity contribution in [1.29, 1.82) is 0 Å². The van der Waals surface area contributed by atoms with Crippen molar-refractivity contribution in [3.63, 3.8) is 0 Å². The highest BCUT2D eigenvalue weighted by Gasteiger charge is 2.16. The molecular formula is C19H31IN4O3. The molecule has 1 saturated heterocycles. The molecule has 2 N–H and O–H groups in total. The molecule has 1 aliphatic rings. The van der Waals surface area contributed by atoms with Crippen molar-refractivity contribution in [1.82, 2.24) is 15.5 Å². The van der Waals surface area contributed by atoms with Gasteiger partial charge in [-0.1, -0.05) is 6.07 Å². The molecule has 1 amide bonds. The van der Waals surface area contributed by atoms with Gasteiger partial charge in [0, 0.05) is 33.2 Å². The monoisotopic (exact) mass is 490 g/mol. The summed E-state index contributed by atoms with van der Waals surface area (Å²) in [5.41, 5.74) is 2.19. The van der Waals surface area contributed by atoms with Crippen LogP contribution in [0, 0.1) is 12.8 Å². The predicted molar refractivity (Wildman–Crippen MR) is 118 cm³/mol. The Morgan fingerprint density at radius 3 is 2.74 bits per heavy atom.